The Morgan fingerprint density at radius 3 is 2.62 bits per heavy atom. The monoisotopic (exact) mass is 183 g/mol. The van der Waals surface area contributed by atoms with Gasteiger partial charge in [-0.15, -0.1) is 0 Å². The highest BCUT2D eigenvalue weighted by atomic mass is 16.2. The molecule has 5 nitrogen and oxygen atoms in total. The average molecular weight is 183 g/mol. The molecule has 0 radical (unpaired) electrons. The Morgan fingerprint density at radius 1 is 1.54 bits per heavy atom. The molecule has 0 aliphatic rings. The van der Waals surface area contributed by atoms with Crippen molar-refractivity contribution in [2.24, 2.45) is 0 Å². The predicted octanol–water partition coefficient (Wildman–Crippen LogP) is -0.505. The first-order valence-corrected chi connectivity index (χ1v) is 4.03. The van der Waals surface area contributed by atoms with Gasteiger partial charge in [0.25, 0.3) is 0 Å². The van der Waals surface area contributed by atoms with Crippen molar-refractivity contribution in [1.82, 2.24) is 10.2 Å². The van der Waals surface area contributed by atoms with Gasteiger partial charge in [0.2, 0.25) is 0 Å². The van der Waals surface area contributed by atoms with E-state index in [9.17, 15) is 9.59 Å². The first kappa shape index (κ1) is 11.4. The first-order chi connectivity index (χ1) is 6.13. The van der Waals surface area contributed by atoms with Gasteiger partial charge >= 0.3 is 11.8 Å². The van der Waals surface area contributed by atoms with Crippen LogP contribution < -0.4 is 5.32 Å². The molecule has 0 aromatic carbocycles. The fourth-order valence-corrected chi connectivity index (χ4v) is 0.806. The average Bonchev–Trinajstić information content (AvgIpc) is 2.13. The van der Waals surface area contributed by atoms with E-state index in [1.165, 1.54) is 4.90 Å². The number of rotatable bonds is 3. The highest BCUT2D eigenvalue weighted by Crippen LogP contribution is 1.87. The predicted molar refractivity (Wildman–Crippen MR) is 46.6 cm³/mol. The highest BCUT2D eigenvalue weighted by molar-refractivity contribution is 6.34. The second-order valence-electron chi connectivity index (χ2n) is 2.57. The zero-order valence-corrected chi connectivity index (χ0v) is 7.83. The standard InChI is InChI=1S/C8H13N3O2/c1-3-6-11(2)8(13)7(12)10-5-4-9/h3,5-6H2,1-2H3,(H,10,12). The van der Waals surface area contributed by atoms with Crippen LogP contribution in [-0.4, -0.2) is 36.9 Å². The topological polar surface area (TPSA) is 73.2 Å². The van der Waals surface area contributed by atoms with Gasteiger partial charge in [-0.3, -0.25) is 9.59 Å². The van der Waals surface area contributed by atoms with E-state index < -0.39 is 11.8 Å². The van der Waals surface area contributed by atoms with E-state index in [4.69, 9.17) is 5.26 Å². The molecule has 72 valence electrons. The van der Waals surface area contributed by atoms with Crippen LogP contribution in [0.5, 0.6) is 0 Å². The molecular weight excluding hydrogens is 170 g/mol. The molecule has 0 spiro atoms. The highest BCUT2D eigenvalue weighted by Gasteiger charge is 2.16. The van der Waals surface area contributed by atoms with Gasteiger partial charge in [0.15, 0.2) is 0 Å². The van der Waals surface area contributed by atoms with Gasteiger partial charge in [0.1, 0.15) is 6.54 Å². The van der Waals surface area contributed by atoms with Crippen LogP contribution in [-0.2, 0) is 9.59 Å². The van der Waals surface area contributed by atoms with Crippen LogP contribution in [0.25, 0.3) is 0 Å². The maximum atomic E-state index is 11.1. The second-order valence-corrected chi connectivity index (χ2v) is 2.57. The summed E-state index contributed by atoms with van der Waals surface area (Å²) >= 11 is 0. The number of nitrogens with one attached hydrogen (secondary N) is 1. The summed E-state index contributed by atoms with van der Waals surface area (Å²) in [5, 5.41) is 10.3. The van der Waals surface area contributed by atoms with Crippen molar-refractivity contribution in [2.75, 3.05) is 20.1 Å². The summed E-state index contributed by atoms with van der Waals surface area (Å²) in [7, 11) is 1.55. The van der Waals surface area contributed by atoms with Gasteiger partial charge in [0, 0.05) is 13.6 Å². The van der Waals surface area contributed by atoms with Crippen LogP contribution in [0.15, 0.2) is 0 Å². The molecule has 0 fully saturated rings. The van der Waals surface area contributed by atoms with Gasteiger partial charge in [-0.25, -0.2) is 0 Å². The summed E-state index contributed by atoms with van der Waals surface area (Å²) in [4.78, 5) is 23.4. The van der Waals surface area contributed by atoms with Crippen molar-refractivity contribution < 1.29 is 9.59 Å². The maximum absolute atomic E-state index is 11.1. The number of hydrogen-bond donors (Lipinski definition) is 1. The Morgan fingerprint density at radius 2 is 2.15 bits per heavy atom. The van der Waals surface area contributed by atoms with Gasteiger partial charge in [-0.05, 0) is 6.42 Å². The fourth-order valence-electron chi connectivity index (χ4n) is 0.806. The zero-order valence-electron chi connectivity index (χ0n) is 7.83. The minimum absolute atomic E-state index is 0.134. The Balaban J connectivity index is 3.96. The SMILES string of the molecule is CCCN(C)C(=O)C(=O)NCC#N. The molecule has 0 heterocycles. The lowest BCUT2D eigenvalue weighted by Gasteiger charge is -2.14. The second kappa shape index (κ2) is 6.00. The van der Waals surface area contributed by atoms with Crippen molar-refractivity contribution in [3.05, 3.63) is 0 Å². The molecule has 5 heteroatoms. The molecule has 0 unspecified atom stereocenters. The third-order valence-corrected chi connectivity index (χ3v) is 1.43. The Bertz CT molecular complexity index is 232. The van der Waals surface area contributed by atoms with E-state index in [1.807, 2.05) is 6.92 Å². The number of amides is 2. The van der Waals surface area contributed by atoms with Gasteiger partial charge in [-0.1, -0.05) is 6.92 Å². The molecule has 0 atom stereocenters. The van der Waals surface area contributed by atoms with E-state index in [0.29, 0.717) is 6.54 Å². The molecule has 0 rings (SSSR count). The molecule has 0 aromatic heterocycles. The molecule has 0 saturated carbocycles. The number of hydrogen-bond acceptors (Lipinski definition) is 3. The third-order valence-electron chi connectivity index (χ3n) is 1.43. The summed E-state index contributed by atoms with van der Waals surface area (Å²) in [5.74, 6) is -1.32. The summed E-state index contributed by atoms with van der Waals surface area (Å²) in [6, 6.07) is 1.72. The molecule has 0 saturated heterocycles. The molecule has 13 heavy (non-hydrogen) atoms. The smallest absolute Gasteiger partial charge is 0.311 e. The van der Waals surface area contributed by atoms with Crippen molar-refractivity contribution >= 4 is 11.8 Å². The lowest BCUT2D eigenvalue weighted by atomic mass is 10.4. The molecule has 2 amide bonds. The minimum atomic E-state index is -0.725. The first-order valence-electron chi connectivity index (χ1n) is 4.03. The molecular formula is C8H13N3O2. The zero-order chi connectivity index (χ0) is 10.3. The molecule has 0 aliphatic heterocycles. The van der Waals surface area contributed by atoms with Crippen molar-refractivity contribution in [1.29, 1.82) is 5.26 Å². The van der Waals surface area contributed by atoms with Crippen molar-refractivity contribution in [3.8, 4) is 6.07 Å². The number of likely N-dealkylation sites (N-methyl/N-ethyl adjacent to an activating group) is 1. The van der Waals surface area contributed by atoms with E-state index in [1.54, 1.807) is 13.1 Å². The Hall–Kier alpha value is -1.57. The van der Waals surface area contributed by atoms with Crippen molar-refractivity contribution in [2.45, 2.75) is 13.3 Å². The van der Waals surface area contributed by atoms with Gasteiger partial charge < -0.3 is 10.2 Å². The van der Waals surface area contributed by atoms with Crippen LogP contribution in [0.3, 0.4) is 0 Å². The molecule has 1 N–H and O–H groups in total. The third kappa shape index (κ3) is 4.11. The van der Waals surface area contributed by atoms with E-state index >= 15 is 0 Å². The lowest BCUT2D eigenvalue weighted by molar-refractivity contribution is -0.144. The number of carbonyl (C=O) groups is 2. The van der Waals surface area contributed by atoms with Gasteiger partial charge in [-0.2, -0.15) is 5.26 Å². The summed E-state index contributed by atoms with van der Waals surface area (Å²) < 4.78 is 0. The maximum Gasteiger partial charge on any atom is 0.311 e. The van der Waals surface area contributed by atoms with Crippen LogP contribution >= 0.6 is 0 Å². The summed E-state index contributed by atoms with van der Waals surface area (Å²) in [6.07, 6.45) is 0.799. The summed E-state index contributed by atoms with van der Waals surface area (Å²) in [5.41, 5.74) is 0. The number of carbonyl (C=O) groups excluding carboxylic acids is 2. The minimum Gasteiger partial charge on any atom is -0.338 e. The quantitative estimate of drug-likeness (QED) is 0.473. The number of nitriles is 1. The van der Waals surface area contributed by atoms with Crippen LogP contribution in [0.4, 0.5) is 0 Å². The van der Waals surface area contributed by atoms with Gasteiger partial charge in [0.05, 0.1) is 6.07 Å². The molecule has 0 aliphatic carbocycles. The molecule has 0 bridgehead atoms. The normalized spacial score (nSPS) is 8.69. The van der Waals surface area contributed by atoms with Crippen molar-refractivity contribution in [3.63, 3.8) is 0 Å². The fraction of sp³-hybridized carbons (Fsp3) is 0.625. The largest absolute Gasteiger partial charge is 0.338 e. The lowest BCUT2D eigenvalue weighted by Crippen LogP contribution is -2.41. The van der Waals surface area contributed by atoms with Crippen LogP contribution in [0.1, 0.15) is 13.3 Å². The van der Waals surface area contributed by atoms with E-state index in [-0.39, 0.29) is 6.54 Å². The molecule has 0 aromatic rings. The Kier molecular flexibility index (Phi) is 5.28. The van der Waals surface area contributed by atoms with Crippen LogP contribution in [0, 0.1) is 11.3 Å². The Labute approximate surface area is 77.3 Å². The number of nitrogens with zero attached hydrogens (tertiary/aromatic N) is 2. The van der Waals surface area contributed by atoms with E-state index in [2.05, 4.69) is 5.32 Å². The van der Waals surface area contributed by atoms with E-state index in [0.717, 1.165) is 6.42 Å². The summed E-state index contributed by atoms with van der Waals surface area (Å²) in [6.45, 7) is 2.32. The van der Waals surface area contributed by atoms with Crippen LogP contribution in [0.2, 0.25) is 0 Å².